The topological polar surface area (TPSA) is 32.6 Å². The van der Waals surface area contributed by atoms with E-state index in [0.29, 0.717) is 5.92 Å². The summed E-state index contributed by atoms with van der Waals surface area (Å²) in [5.74, 6) is 0.598. The van der Waals surface area contributed by atoms with E-state index in [1.807, 2.05) is 6.08 Å². The van der Waals surface area contributed by atoms with Crippen LogP contribution in [-0.4, -0.2) is 21.2 Å². The van der Waals surface area contributed by atoms with Crippen LogP contribution in [0, 0.1) is 5.92 Å². The first-order chi connectivity index (χ1) is 5.65. The van der Waals surface area contributed by atoms with Gasteiger partial charge in [-0.25, -0.2) is 0 Å². The molecule has 0 radical (unpaired) electrons. The molecule has 0 bridgehead atoms. The lowest BCUT2D eigenvalue weighted by atomic mass is 9.78. The van der Waals surface area contributed by atoms with E-state index in [1.165, 1.54) is 6.42 Å². The van der Waals surface area contributed by atoms with E-state index in [0.717, 1.165) is 28.8 Å². The van der Waals surface area contributed by atoms with Gasteiger partial charge in [0.25, 0.3) is 0 Å². The monoisotopic (exact) mass is 183 g/mol. The first-order valence-electron chi connectivity index (χ1n) is 4.50. The molecule has 12 heavy (non-hydrogen) atoms. The first kappa shape index (κ1) is 9.51. The number of oxime groups is 1. The zero-order valence-corrected chi connectivity index (χ0v) is 9.88. The predicted molar refractivity (Wildman–Crippen MR) is 55.1 cm³/mol. The van der Waals surface area contributed by atoms with E-state index < -0.39 is 0 Å². The Bertz CT molecular complexity index is 215. The third kappa shape index (κ3) is 1.33. The summed E-state index contributed by atoms with van der Waals surface area (Å²) in [5.41, 5.74) is 0.947. The molecule has 1 rings (SSSR count). The van der Waals surface area contributed by atoms with Crippen molar-refractivity contribution in [2.24, 2.45) is 11.1 Å². The van der Waals surface area contributed by atoms with Gasteiger partial charge >= 0.3 is 0 Å². The van der Waals surface area contributed by atoms with E-state index in [4.69, 9.17) is 5.21 Å². The van der Waals surface area contributed by atoms with Gasteiger partial charge < -0.3 is 5.21 Å². The Morgan fingerprint density at radius 3 is 2.92 bits per heavy atom. The van der Waals surface area contributed by atoms with Crippen LogP contribution in [-0.2, 0) is 0 Å². The molecule has 0 aliphatic heterocycles. The largest absolute Gasteiger partial charge is 0.411 e. The molecule has 1 saturated carbocycles. The zero-order valence-electron chi connectivity index (χ0n) is 7.88. The first-order valence-corrected chi connectivity index (χ1v) is 5.50. The summed E-state index contributed by atoms with van der Waals surface area (Å²) in [4.78, 5) is 0. The van der Waals surface area contributed by atoms with Crippen molar-refractivity contribution >= 4 is 16.0 Å². The zero-order chi connectivity index (χ0) is 9.19. The molecule has 68 valence electrons. The fraction of sp³-hybridized carbons (Fsp3) is 0.667. The van der Waals surface area contributed by atoms with E-state index in [9.17, 15) is 0 Å². The van der Waals surface area contributed by atoms with E-state index in [2.05, 4.69) is 18.7 Å². The average Bonchev–Trinajstić information content (AvgIpc) is 2.10. The molecule has 2 atom stereocenters. The third-order valence-electron chi connectivity index (χ3n) is 3.24. The molecule has 0 spiro atoms. The van der Waals surface area contributed by atoms with Gasteiger partial charge in [-0.3, -0.25) is 0 Å². The molecule has 1 aliphatic carbocycles. The van der Waals surface area contributed by atoms with Crippen LogP contribution in [0.1, 0.15) is 26.2 Å². The Kier molecular flexibility index (Phi) is 2.72. The van der Waals surface area contributed by atoms with Gasteiger partial charge in [-0.15, -0.1) is 6.58 Å². The van der Waals surface area contributed by atoms with Crippen molar-refractivity contribution in [1.82, 2.24) is 0 Å². The lowest BCUT2D eigenvalue weighted by molar-refractivity contribution is 0.306. The molecule has 0 aromatic heterocycles. The fourth-order valence-electron chi connectivity index (χ4n) is 1.91. The molecular formula is C9H17NOSi. The molecule has 1 N–H and O–H groups in total. The highest BCUT2D eigenvalue weighted by Gasteiger charge is 2.36. The van der Waals surface area contributed by atoms with Crippen LogP contribution in [0.4, 0.5) is 0 Å². The lowest BCUT2D eigenvalue weighted by Gasteiger charge is -2.37. The molecule has 0 heterocycles. The van der Waals surface area contributed by atoms with Crippen LogP contribution in [0.25, 0.3) is 0 Å². The van der Waals surface area contributed by atoms with E-state index in [-0.39, 0.29) is 5.04 Å². The molecular weight excluding hydrogens is 166 g/mol. The second kappa shape index (κ2) is 3.43. The highest BCUT2D eigenvalue weighted by atomic mass is 28.1. The van der Waals surface area contributed by atoms with Crippen molar-refractivity contribution in [3.05, 3.63) is 12.7 Å². The minimum absolute atomic E-state index is 0.0486. The summed E-state index contributed by atoms with van der Waals surface area (Å²) < 4.78 is 0. The van der Waals surface area contributed by atoms with Gasteiger partial charge in [0.15, 0.2) is 0 Å². The number of allylic oxidation sites excluding steroid dienone is 1. The standard InChI is InChI=1S/C9H17NOSi/c1-3-9(12)7(2)5-4-6-8(9)10-11/h3,7,11H,1,4-6H2,2,12H3. The molecule has 0 aromatic carbocycles. The highest BCUT2D eigenvalue weighted by Crippen LogP contribution is 2.43. The van der Waals surface area contributed by atoms with Gasteiger partial charge in [0, 0.05) is 15.3 Å². The second-order valence-electron chi connectivity index (χ2n) is 3.83. The average molecular weight is 183 g/mol. The van der Waals surface area contributed by atoms with Crippen molar-refractivity contribution in [2.75, 3.05) is 0 Å². The van der Waals surface area contributed by atoms with Gasteiger partial charge in [0.05, 0.1) is 5.71 Å². The smallest absolute Gasteiger partial charge is 0.0634 e. The molecule has 0 saturated heterocycles. The highest BCUT2D eigenvalue weighted by molar-refractivity contribution is 6.31. The van der Waals surface area contributed by atoms with Crippen LogP contribution in [0.3, 0.4) is 0 Å². The quantitative estimate of drug-likeness (QED) is 0.283. The van der Waals surface area contributed by atoms with Crippen molar-refractivity contribution < 1.29 is 5.21 Å². The van der Waals surface area contributed by atoms with Crippen molar-refractivity contribution in [3.63, 3.8) is 0 Å². The maximum Gasteiger partial charge on any atom is 0.0634 e. The van der Waals surface area contributed by atoms with E-state index >= 15 is 0 Å². The number of hydrogen-bond donors (Lipinski definition) is 1. The van der Waals surface area contributed by atoms with Gasteiger partial charge in [-0.05, 0) is 25.2 Å². The Hall–Kier alpha value is -0.573. The summed E-state index contributed by atoms with van der Waals surface area (Å²) in [5, 5.41) is 12.3. The Labute approximate surface area is 76.8 Å². The fourth-order valence-corrected chi connectivity index (χ4v) is 2.54. The summed E-state index contributed by atoms with van der Waals surface area (Å²) in [6.45, 7) is 6.07. The van der Waals surface area contributed by atoms with Crippen LogP contribution in [0.2, 0.25) is 5.04 Å². The SMILES string of the molecule is C=CC1([SiH3])C(=NO)CCCC1C. The molecule has 2 unspecified atom stereocenters. The van der Waals surface area contributed by atoms with Gasteiger partial charge in [0.1, 0.15) is 0 Å². The summed E-state index contributed by atoms with van der Waals surface area (Å²) in [7, 11) is 0.998. The number of hydrogen-bond acceptors (Lipinski definition) is 2. The van der Waals surface area contributed by atoms with Crippen LogP contribution >= 0.6 is 0 Å². The van der Waals surface area contributed by atoms with Crippen molar-refractivity contribution in [1.29, 1.82) is 0 Å². The molecule has 1 aliphatic rings. The Morgan fingerprint density at radius 2 is 2.50 bits per heavy atom. The summed E-state index contributed by atoms with van der Waals surface area (Å²) >= 11 is 0. The summed E-state index contributed by atoms with van der Waals surface area (Å²) in [6.07, 6.45) is 5.29. The third-order valence-corrected chi connectivity index (χ3v) is 5.21. The number of nitrogens with zero attached hydrogens (tertiary/aromatic N) is 1. The van der Waals surface area contributed by atoms with Gasteiger partial charge in [-0.1, -0.05) is 18.2 Å². The molecule has 0 amide bonds. The summed E-state index contributed by atoms with van der Waals surface area (Å²) in [6, 6.07) is 0. The molecule has 1 fully saturated rings. The molecule has 2 nitrogen and oxygen atoms in total. The lowest BCUT2D eigenvalue weighted by Crippen LogP contribution is -2.33. The number of rotatable bonds is 1. The van der Waals surface area contributed by atoms with Crippen molar-refractivity contribution in [3.8, 4) is 0 Å². The van der Waals surface area contributed by atoms with Gasteiger partial charge in [-0.2, -0.15) is 0 Å². The van der Waals surface area contributed by atoms with E-state index in [1.54, 1.807) is 0 Å². The molecule has 3 heteroatoms. The maximum atomic E-state index is 8.84. The maximum absolute atomic E-state index is 8.84. The van der Waals surface area contributed by atoms with Crippen LogP contribution in [0.5, 0.6) is 0 Å². The second-order valence-corrected chi connectivity index (χ2v) is 5.48. The minimum atomic E-state index is 0.0486. The normalized spacial score (nSPS) is 40.1. The predicted octanol–water partition coefficient (Wildman–Crippen LogP) is 1.35. The van der Waals surface area contributed by atoms with Crippen LogP contribution < -0.4 is 0 Å². The molecule has 0 aromatic rings. The Morgan fingerprint density at radius 1 is 1.83 bits per heavy atom. The van der Waals surface area contributed by atoms with Crippen molar-refractivity contribution in [2.45, 2.75) is 31.2 Å². The Balaban J connectivity index is 2.95. The van der Waals surface area contributed by atoms with Crippen LogP contribution in [0.15, 0.2) is 17.8 Å². The minimum Gasteiger partial charge on any atom is -0.411 e. The van der Waals surface area contributed by atoms with Gasteiger partial charge in [0.2, 0.25) is 0 Å².